The molecule has 0 aliphatic carbocycles. The Morgan fingerprint density at radius 3 is 2.73 bits per heavy atom. The smallest absolute Gasteiger partial charge is 0.246 e. The first-order chi connectivity index (χ1) is 16.2. The Balaban J connectivity index is 1.43. The average molecular weight is 441 g/mol. The molecule has 5 rings (SSSR count). The zero-order valence-corrected chi connectivity index (χ0v) is 18.3. The summed E-state index contributed by atoms with van der Waals surface area (Å²) in [4.78, 5) is 18.2. The number of carbonyl (C=O) groups is 1. The molecule has 1 aliphatic rings. The van der Waals surface area contributed by atoms with Gasteiger partial charge in [-0.1, -0.05) is 12.6 Å². The molecule has 0 saturated carbocycles. The number of rotatable bonds is 6. The van der Waals surface area contributed by atoms with Crippen LogP contribution in [0.25, 0.3) is 22.2 Å². The number of fused-ring (bicyclic) bond motifs is 1. The van der Waals surface area contributed by atoms with Crippen LogP contribution in [0.3, 0.4) is 0 Å². The van der Waals surface area contributed by atoms with E-state index in [1.54, 1.807) is 13.3 Å². The summed E-state index contributed by atoms with van der Waals surface area (Å²) in [6.07, 6.45) is 5.84. The largest absolute Gasteiger partial charge is 0.497 e. The lowest BCUT2D eigenvalue weighted by molar-refractivity contribution is -0.125. The highest BCUT2D eigenvalue weighted by atomic mass is 16.5. The van der Waals surface area contributed by atoms with Crippen molar-refractivity contribution in [3.63, 3.8) is 0 Å². The maximum Gasteiger partial charge on any atom is 0.246 e. The number of hydrogen-bond donors (Lipinski definition) is 0. The molecule has 1 amide bonds. The predicted molar refractivity (Wildman–Crippen MR) is 126 cm³/mol. The number of pyridine rings is 1. The zero-order chi connectivity index (χ0) is 22.8. The normalized spacial score (nSPS) is 15.5. The van der Waals surface area contributed by atoms with Crippen LogP contribution in [0.15, 0.2) is 79.6 Å². The van der Waals surface area contributed by atoms with Gasteiger partial charge in [0.25, 0.3) is 0 Å². The minimum atomic E-state index is -0.0394. The van der Waals surface area contributed by atoms with Crippen molar-refractivity contribution >= 4 is 16.8 Å². The lowest BCUT2D eigenvalue weighted by Crippen LogP contribution is -2.27. The van der Waals surface area contributed by atoms with E-state index in [0.717, 1.165) is 40.1 Å². The summed E-state index contributed by atoms with van der Waals surface area (Å²) in [6.45, 7) is 4.92. The summed E-state index contributed by atoms with van der Waals surface area (Å²) < 4.78 is 13.3. The van der Waals surface area contributed by atoms with Gasteiger partial charge in [-0.15, -0.1) is 0 Å². The van der Waals surface area contributed by atoms with Crippen molar-refractivity contribution in [2.75, 3.05) is 20.2 Å². The van der Waals surface area contributed by atoms with Gasteiger partial charge in [0, 0.05) is 42.5 Å². The highest BCUT2D eigenvalue weighted by Crippen LogP contribution is 2.33. The molecular formula is C26H24N4O3. The second-order valence-corrected chi connectivity index (χ2v) is 7.92. The van der Waals surface area contributed by atoms with E-state index in [1.807, 2.05) is 70.4 Å². The summed E-state index contributed by atoms with van der Waals surface area (Å²) >= 11 is 0. The Morgan fingerprint density at radius 1 is 1.12 bits per heavy atom. The Labute approximate surface area is 191 Å². The minimum absolute atomic E-state index is 0.0394. The van der Waals surface area contributed by atoms with Crippen LogP contribution in [0.2, 0.25) is 0 Å². The molecule has 0 unspecified atom stereocenters. The van der Waals surface area contributed by atoms with Gasteiger partial charge < -0.3 is 14.4 Å². The van der Waals surface area contributed by atoms with E-state index < -0.39 is 0 Å². The zero-order valence-electron chi connectivity index (χ0n) is 18.3. The van der Waals surface area contributed by atoms with Crippen molar-refractivity contribution in [1.29, 1.82) is 0 Å². The molecule has 0 bridgehead atoms. The van der Waals surface area contributed by atoms with Crippen LogP contribution in [-0.2, 0) is 4.79 Å². The Morgan fingerprint density at radius 2 is 1.94 bits per heavy atom. The van der Waals surface area contributed by atoms with Crippen LogP contribution in [0, 0.1) is 0 Å². The number of likely N-dealkylation sites (tertiary alicyclic amines) is 1. The topological polar surface area (TPSA) is 69.5 Å². The van der Waals surface area contributed by atoms with Gasteiger partial charge in [0.2, 0.25) is 5.91 Å². The van der Waals surface area contributed by atoms with Crippen molar-refractivity contribution in [2.45, 2.75) is 12.5 Å². The van der Waals surface area contributed by atoms with Gasteiger partial charge in [0.15, 0.2) is 0 Å². The number of carbonyl (C=O) groups excluding carboxylic acids is 1. The molecule has 2 aromatic carbocycles. The lowest BCUT2D eigenvalue weighted by Gasteiger charge is -2.15. The molecule has 33 heavy (non-hydrogen) atoms. The second kappa shape index (κ2) is 8.78. The molecule has 1 saturated heterocycles. The summed E-state index contributed by atoms with van der Waals surface area (Å²) in [6, 6.07) is 17.4. The number of amides is 1. The Kier molecular flexibility index (Phi) is 5.52. The summed E-state index contributed by atoms with van der Waals surface area (Å²) in [7, 11) is 1.63. The van der Waals surface area contributed by atoms with Gasteiger partial charge >= 0.3 is 0 Å². The van der Waals surface area contributed by atoms with Crippen LogP contribution in [0.5, 0.6) is 17.2 Å². The monoisotopic (exact) mass is 440 g/mol. The lowest BCUT2D eigenvalue weighted by atomic mass is 10.1. The number of aromatic nitrogens is 3. The first-order valence-electron chi connectivity index (χ1n) is 10.8. The van der Waals surface area contributed by atoms with Crippen molar-refractivity contribution in [3.8, 4) is 28.5 Å². The number of methoxy groups -OCH3 is 1. The first kappa shape index (κ1) is 20.8. The van der Waals surface area contributed by atoms with E-state index >= 15 is 0 Å². The third-order valence-electron chi connectivity index (χ3n) is 5.91. The minimum Gasteiger partial charge on any atom is -0.497 e. The standard InChI is InChI=1S/C26H24N4O3/c1-3-25(31)29-14-12-19(17-29)30-24-11-13-27-16-23(24)26(28-30)18-7-9-20(10-8-18)33-22-6-4-5-21(15-22)32-2/h3-11,13,15-16,19H,1,12,14,17H2,2H3/t19-/m1/s1. The number of benzene rings is 2. The van der Waals surface area contributed by atoms with Crippen molar-refractivity contribution in [1.82, 2.24) is 19.7 Å². The molecular weight excluding hydrogens is 416 g/mol. The molecule has 2 aromatic heterocycles. The van der Waals surface area contributed by atoms with Gasteiger partial charge in [0.1, 0.15) is 22.9 Å². The van der Waals surface area contributed by atoms with Crippen LogP contribution in [0.4, 0.5) is 0 Å². The fourth-order valence-corrected chi connectivity index (χ4v) is 4.23. The summed E-state index contributed by atoms with van der Waals surface area (Å²) in [5.74, 6) is 2.14. The third kappa shape index (κ3) is 4.05. The molecule has 3 heterocycles. The summed E-state index contributed by atoms with van der Waals surface area (Å²) in [5.41, 5.74) is 2.84. The predicted octanol–water partition coefficient (Wildman–Crippen LogP) is 4.86. The molecule has 0 radical (unpaired) electrons. The SMILES string of the molecule is C=CC(=O)N1CC[C@@H](n2nc(-c3ccc(Oc4cccc(OC)c4)cc3)c3cnccc32)C1. The fraction of sp³-hybridized carbons (Fsp3) is 0.192. The molecule has 7 heteroatoms. The highest BCUT2D eigenvalue weighted by molar-refractivity contribution is 5.93. The quantitative estimate of drug-likeness (QED) is 0.401. The van der Waals surface area contributed by atoms with E-state index in [2.05, 4.69) is 11.6 Å². The van der Waals surface area contributed by atoms with Gasteiger partial charge in [-0.05, 0) is 55.0 Å². The molecule has 4 aromatic rings. The van der Waals surface area contributed by atoms with Gasteiger partial charge in [0.05, 0.1) is 18.7 Å². The van der Waals surface area contributed by atoms with Gasteiger partial charge in [-0.25, -0.2) is 0 Å². The van der Waals surface area contributed by atoms with Crippen molar-refractivity contribution in [3.05, 3.63) is 79.6 Å². The van der Waals surface area contributed by atoms with E-state index in [9.17, 15) is 4.79 Å². The molecule has 0 spiro atoms. The van der Waals surface area contributed by atoms with E-state index in [4.69, 9.17) is 14.6 Å². The van der Waals surface area contributed by atoms with E-state index in [1.165, 1.54) is 6.08 Å². The van der Waals surface area contributed by atoms with Gasteiger partial charge in [-0.2, -0.15) is 5.10 Å². The van der Waals surface area contributed by atoms with E-state index in [0.29, 0.717) is 18.8 Å². The van der Waals surface area contributed by atoms with E-state index in [-0.39, 0.29) is 11.9 Å². The molecule has 1 aliphatic heterocycles. The van der Waals surface area contributed by atoms with Crippen LogP contribution < -0.4 is 9.47 Å². The number of hydrogen-bond acceptors (Lipinski definition) is 5. The van der Waals surface area contributed by atoms with Crippen molar-refractivity contribution in [2.24, 2.45) is 0 Å². The molecule has 7 nitrogen and oxygen atoms in total. The third-order valence-corrected chi connectivity index (χ3v) is 5.91. The Hall–Kier alpha value is -4.13. The molecule has 1 atom stereocenters. The maximum absolute atomic E-state index is 12.0. The first-order valence-corrected chi connectivity index (χ1v) is 10.8. The number of nitrogens with zero attached hydrogens (tertiary/aromatic N) is 4. The fourth-order valence-electron chi connectivity index (χ4n) is 4.23. The average Bonchev–Trinajstić information content (AvgIpc) is 3.49. The second-order valence-electron chi connectivity index (χ2n) is 7.92. The summed E-state index contributed by atoms with van der Waals surface area (Å²) in [5, 5.41) is 5.93. The maximum atomic E-state index is 12.0. The van der Waals surface area contributed by atoms with Crippen LogP contribution in [0.1, 0.15) is 12.5 Å². The van der Waals surface area contributed by atoms with Crippen molar-refractivity contribution < 1.29 is 14.3 Å². The highest BCUT2D eigenvalue weighted by Gasteiger charge is 2.28. The molecule has 1 fully saturated rings. The Bertz CT molecular complexity index is 1310. The van der Waals surface area contributed by atoms with Gasteiger partial charge in [-0.3, -0.25) is 14.5 Å². The van der Waals surface area contributed by atoms with Crippen LogP contribution in [-0.4, -0.2) is 45.8 Å². The number of ether oxygens (including phenoxy) is 2. The van der Waals surface area contributed by atoms with Crippen LogP contribution >= 0.6 is 0 Å². The molecule has 166 valence electrons. The molecule has 0 N–H and O–H groups in total.